The van der Waals surface area contributed by atoms with Crippen LogP contribution in [0, 0.1) is 5.82 Å². The molecule has 0 heterocycles. The van der Waals surface area contributed by atoms with Crippen LogP contribution >= 0.6 is 44.1 Å². The number of thiocarbonyl (C=S) groups is 1. The van der Waals surface area contributed by atoms with Crippen molar-refractivity contribution in [2.45, 2.75) is 0 Å². The molecule has 0 aliphatic rings. The Morgan fingerprint density at radius 3 is 2.43 bits per heavy atom. The molecule has 2 aromatic carbocycles. The minimum atomic E-state index is -0.416. The lowest BCUT2D eigenvalue weighted by Crippen LogP contribution is -2.14. The van der Waals surface area contributed by atoms with E-state index >= 15 is 0 Å². The van der Waals surface area contributed by atoms with Gasteiger partial charge in [0.15, 0.2) is 0 Å². The number of benzene rings is 2. The molecule has 0 bridgehead atoms. The van der Waals surface area contributed by atoms with Crippen molar-refractivity contribution < 1.29 is 9.18 Å². The van der Waals surface area contributed by atoms with Crippen LogP contribution in [0.5, 0.6) is 0 Å². The first-order valence-corrected chi connectivity index (χ1v) is 7.73. The molecule has 0 spiro atoms. The van der Waals surface area contributed by atoms with Crippen molar-refractivity contribution in [2.75, 3.05) is 5.32 Å². The van der Waals surface area contributed by atoms with E-state index in [9.17, 15) is 9.18 Å². The molecular weight excluding hydrogens is 423 g/mol. The van der Waals surface area contributed by atoms with Gasteiger partial charge in [0.25, 0.3) is 5.91 Å². The second-order valence-corrected chi connectivity index (χ2v) is 6.29. The van der Waals surface area contributed by atoms with Crippen molar-refractivity contribution in [2.24, 2.45) is 5.73 Å². The molecule has 2 rings (SSSR count). The number of rotatable bonds is 3. The molecule has 108 valence electrons. The average molecular weight is 432 g/mol. The van der Waals surface area contributed by atoms with Gasteiger partial charge in [-0.3, -0.25) is 4.79 Å². The minimum absolute atomic E-state index is 0.273. The van der Waals surface area contributed by atoms with E-state index in [1.54, 1.807) is 18.2 Å². The molecule has 0 atom stereocenters. The third kappa shape index (κ3) is 3.87. The Labute approximate surface area is 143 Å². The van der Waals surface area contributed by atoms with E-state index in [1.165, 1.54) is 18.2 Å². The second kappa shape index (κ2) is 6.64. The summed E-state index contributed by atoms with van der Waals surface area (Å²) in [6, 6.07) is 8.99. The Morgan fingerprint density at radius 2 is 1.86 bits per heavy atom. The maximum atomic E-state index is 13.0. The summed E-state index contributed by atoms with van der Waals surface area (Å²) in [5.41, 5.74) is 7.13. The molecule has 2 aromatic rings. The van der Waals surface area contributed by atoms with Crippen LogP contribution in [0.1, 0.15) is 15.9 Å². The standard InChI is InChI=1S/C14H9Br2FN2OS/c15-10-6-8(17)2-3-9(10)14(20)19-12-4-1-7(13(18)21)5-11(12)16/h1-6H,(H2,18,21)(H,19,20). The number of carbonyl (C=O) groups is 1. The first-order valence-electron chi connectivity index (χ1n) is 5.74. The van der Waals surface area contributed by atoms with Gasteiger partial charge in [-0.05, 0) is 68.3 Å². The number of amides is 1. The number of nitrogens with one attached hydrogen (secondary N) is 1. The highest BCUT2D eigenvalue weighted by molar-refractivity contribution is 9.11. The fourth-order valence-corrected chi connectivity index (χ4v) is 2.77. The van der Waals surface area contributed by atoms with Gasteiger partial charge in [-0.2, -0.15) is 0 Å². The Hall–Kier alpha value is -1.31. The van der Waals surface area contributed by atoms with Crippen LogP contribution in [-0.4, -0.2) is 10.9 Å². The van der Waals surface area contributed by atoms with Crippen LogP contribution in [0.15, 0.2) is 45.3 Å². The minimum Gasteiger partial charge on any atom is -0.389 e. The number of hydrogen-bond donors (Lipinski definition) is 2. The number of hydrogen-bond acceptors (Lipinski definition) is 2. The van der Waals surface area contributed by atoms with E-state index in [-0.39, 0.29) is 10.9 Å². The first kappa shape index (κ1) is 16.1. The molecule has 21 heavy (non-hydrogen) atoms. The molecule has 7 heteroatoms. The molecule has 0 aliphatic heterocycles. The lowest BCUT2D eigenvalue weighted by atomic mass is 10.2. The SMILES string of the molecule is NC(=S)c1ccc(NC(=O)c2ccc(F)cc2Br)c(Br)c1. The summed E-state index contributed by atoms with van der Waals surface area (Å²) in [5, 5.41) is 2.73. The molecular formula is C14H9Br2FN2OS. The van der Waals surface area contributed by atoms with Gasteiger partial charge in [-0.25, -0.2) is 4.39 Å². The Kier molecular flexibility index (Phi) is 5.08. The van der Waals surface area contributed by atoms with Crippen LogP contribution in [-0.2, 0) is 0 Å². The predicted molar refractivity (Wildman–Crippen MR) is 92.1 cm³/mol. The maximum Gasteiger partial charge on any atom is 0.256 e. The summed E-state index contributed by atoms with van der Waals surface area (Å²) >= 11 is 11.4. The number of carbonyl (C=O) groups excluding carboxylic acids is 1. The third-order valence-corrected chi connectivity index (χ3v) is 4.23. The quantitative estimate of drug-likeness (QED) is 0.714. The molecule has 3 N–H and O–H groups in total. The lowest BCUT2D eigenvalue weighted by Gasteiger charge is -2.10. The van der Waals surface area contributed by atoms with Crippen LogP contribution in [0.2, 0.25) is 0 Å². The van der Waals surface area contributed by atoms with Gasteiger partial charge in [0, 0.05) is 14.5 Å². The molecule has 0 saturated carbocycles. The van der Waals surface area contributed by atoms with E-state index in [0.717, 1.165) is 0 Å². The largest absolute Gasteiger partial charge is 0.389 e. The van der Waals surface area contributed by atoms with Gasteiger partial charge in [-0.1, -0.05) is 12.2 Å². The first-order chi connectivity index (χ1) is 9.88. The summed E-state index contributed by atoms with van der Waals surface area (Å²) in [6.45, 7) is 0. The van der Waals surface area contributed by atoms with Gasteiger partial charge in [-0.15, -0.1) is 0 Å². The van der Waals surface area contributed by atoms with E-state index < -0.39 is 5.82 Å². The van der Waals surface area contributed by atoms with Crippen LogP contribution in [0.3, 0.4) is 0 Å². The van der Waals surface area contributed by atoms with Crippen molar-refractivity contribution in [1.82, 2.24) is 0 Å². The van der Waals surface area contributed by atoms with Crippen molar-refractivity contribution in [3.8, 4) is 0 Å². The molecule has 0 saturated heterocycles. The highest BCUT2D eigenvalue weighted by Gasteiger charge is 2.13. The molecule has 0 radical (unpaired) electrons. The van der Waals surface area contributed by atoms with Crippen molar-refractivity contribution in [3.63, 3.8) is 0 Å². The zero-order chi connectivity index (χ0) is 15.6. The second-order valence-electron chi connectivity index (χ2n) is 4.14. The summed E-state index contributed by atoms with van der Waals surface area (Å²) in [7, 11) is 0. The number of anilines is 1. The van der Waals surface area contributed by atoms with E-state index in [0.29, 0.717) is 25.8 Å². The fraction of sp³-hybridized carbons (Fsp3) is 0. The zero-order valence-corrected chi connectivity index (χ0v) is 14.5. The van der Waals surface area contributed by atoms with Crippen molar-refractivity contribution in [3.05, 3.63) is 62.3 Å². The summed E-state index contributed by atoms with van der Waals surface area (Å²) < 4.78 is 14.1. The Bertz CT molecular complexity index is 737. The van der Waals surface area contributed by atoms with Crippen molar-refractivity contribution in [1.29, 1.82) is 0 Å². The summed E-state index contributed by atoms with van der Waals surface area (Å²) in [5.74, 6) is -0.772. The predicted octanol–water partition coefficient (Wildman–Crippen LogP) is 4.24. The summed E-state index contributed by atoms with van der Waals surface area (Å²) in [4.78, 5) is 12.5. The van der Waals surface area contributed by atoms with Gasteiger partial charge in [0.1, 0.15) is 10.8 Å². The molecule has 0 fully saturated rings. The van der Waals surface area contributed by atoms with E-state index in [4.69, 9.17) is 18.0 Å². The third-order valence-electron chi connectivity index (χ3n) is 2.68. The van der Waals surface area contributed by atoms with Crippen LogP contribution in [0.4, 0.5) is 10.1 Å². The maximum absolute atomic E-state index is 13.0. The van der Waals surface area contributed by atoms with Crippen LogP contribution in [0.25, 0.3) is 0 Å². The van der Waals surface area contributed by atoms with Gasteiger partial charge in [0.05, 0.1) is 11.3 Å². The lowest BCUT2D eigenvalue weighted by molar-refractivity contribution is 0.102. The normalized spacial score (nSPS) is 10.2. The topological polar surface area (TPSA) is 55.1 Å². The molecule has 0 unspecified atom stereocenters. The van der Waals surface area contributed by atoms with Gasteiger partial charge < -0.3 is 11.1 Å². The monoisotopic (exact) mass is 430 g/mol. The van der Waals surface area contributed by atoms with E-state index in [2.05, 4.69) is 37.2 Å². The van der Waals surface area contributed by atoms with E-state index in [1.807, 2.05) is 0 Å². The molecule has 0 aliphatic carbocycles. The smallest absolute Gasteiger partial charge is 0.256 e. The van der Waals surface area contributed by atoms with Crippen molar-refractivity contribution >= 4 is 60.7 Å². The van der Waals surface area contributed by atoms with Crippen LogP contribution < -0.4 is 11.1 Å². The molecule has 0 aromatic heterocycles. The molecule has 3 nitrogen and oxygen atoms in total. The zero-order valence-electron chi connectivity index (χ0n) is 10.5. The Balaban J connectivity index is 2.25. The number of nitrogens with two attached hydrogens (primary N) is 1. The Morgan fingerprint density at radius 1 is 1.14 bits per heavy atom. The van der Waals surface area contributed by atoms with Gasteiger partial charge >= 0.3 is 0 Å². The fourth-order valence-electron chi connectivity index (χ4n) is 1.63. The number of halogens is 3. The summed E-state index contributed by atoms with van der Waals surface area (Å²) in [6.07, 6.45) is 0. The highest BCUT2D eigenvalue weighted by Crippen LogP contribution is 2.25. The van der Waals surface area contributed by atoms with Gasteiger partial charge in [0.2, 0.25) is 0 Å². The molecule has 1 amide bonds. The average Bonchev–Trinajstić information content (AvgIpc) is 2.40. The highest BCUT2D eigenvalue weighted by atomic mass is 79.9.